The fraction of sp³-hybridized carbons (Fsp3) is 0.571. The van der Waals surface area contributed by atoms with Crippen molar-refractivity contribution in [3.63, 3.8) is 0 Å². The largest absolute Gasteiger partial charge is 0.493 e. The van der Waals surface area contributed by atoms with Gasteiger partial charge in [-0.05, 0) is 36.3 Å². The molecule has 3 nitrogen and oxygen atoms in total. The minimum atomic E-state index is 0.650. The molecule has 1 aliphatic heterocycles. The summed E-state index contributed by atoms with van der Waals surface area (Å²) in [6, 6.07) is 6.74. The standard InChI is InChI=1S/C14H21NO2S/c1-16-13-6-5-11(8-14(13)17-2)9-15-12-4-3-7-18-10-12/h5-6,8,12,15H,3-4,7,9-10H2,1-2H3. The number of hydrogen-bond donors (Lipinski definition) is 1. The first-order valence-corrected chi connectivity index (χ1v) is 7.51. The quantitative estimate of drug-likeness (QED) is 0.888. The topological polar surface area (TPSA) is 30.5 Å². The third-order valence-corrected chi connectivity index (χ3v) is 4.42. The van der Waals surface area contributed by atoms with Crippen LogP contribution in [0, 0.1) is 0 Å². The van der Waals surface area contributed by atoms with E-state index in [1.54, 1.807) is 14.2 Å². The molecule has 0 aliphatic carbocycles. The van der Waals surface area contributed by atoms with Gasteiger partial charge in [0, 0.05) is 18.3 Å². The second kappa shape index (κ2) is 6.90. The molecule has 1 unspecified atom stereocenters. The molecule has 2 rings (SSSR count). The van der Waals surface area contributed by atoms with Crippen molar-refractivity contribution < 1.29 is 9.47 Å². The third-order valence-electron chi connectivity index (χ3n) is 3.20. The van der Waals surface area contributed by atoms with Gasteiger partial charge in [-0.1, -0.05) is 6.07 Å². The van der Waals surface area contributed by atoms with Gasteiger partial charge in [-0.3, -0.25) is 0 Å². The lowest BCUT2D eigenvalue weighted by molar-refractivity contribution is 0.354. The highest BCUT2D eigenvalue weighted by atomic mass is 32.2. The summed E-state index contributed by atoms with van der Waals surface area (Å²) in [5, 5.41) is 3.61. The van der Waals surface area contributed by atoms with Crippen LogP contribution in [0.25, 0.3) is 0 Å². The molecule has 1 atom stereocenters. The van der Waals surface area contributed by atoms with Crippen molar-refractivity contribution in [3.8, 4) is 11.5 Å². The van der Waals surface area contributed by atoms with Crippen LogP contribution in [0.2, 0.25) is 0 Å². The number of rotatable bonds is 5. The zero-order valence-corrected chi connectivity index (χ0v) is 11.9. The molecule has 100 valence electrons. The smallest absolute Gasteiger partial charge is 0.161 e. The molecular formula is C14H21NO2S. The summed E-state index contributed by atoms with van der Waals surface area (Å²) in [6.07, 6.45) is 2.62. The molecule has 1 heterocycles. The van der Waals surface area contributed by atoms with E-state index >= 15 is 0 Å². The summed E-state index contributed by atoms with van der Waals surface area (Å²) >= 11 is 2.04. The highest BCUT2D eigenvalue weighted by Crippen LogP contribution is 2.27. The fourth-order valence-corrected chi connectivity index (χ4v) is 3.26. The molecule has 1 N–H and O–H groups in total. The van der Waals surface area contributed by atoms with Crippen molar-refractivity contribution in [2.24, 2.45) is 0 Å². The Balaban J connectivity index is 1.92. The van der Waals surface area contributed by atoms with Crippen molar-refractivity contribution in [1.82, 2.24) is 5.32 Å². The molecule has 1 saturated heterocycles. The van der Waals surface area contributed by atoms with E-state index in [1.807, 2.05) is 23.9 Å². The average Bonchev–Trinajstić information content (AvgIpc) is 2.45. The molecule has 0 saturated carbocycles. The summed E-state index contributed by atoms with van der Waals surface area (Å²) < 4.78 is 10.5. The second-order valence-electron chi connectivity index (χ2n) is 4.48. The van der Waals surface area contributed by atoms with Gasteiger partial charge in [0.1, 0.15) is 0 Å². The van der Waals surface area contributed by atoms with Crippen molar-refractivity contribution in [1.29, 1.82) is 0 Å². The normalized spacial score (nSPS) is 19.6. The molecule has 0 bridgehead atoms. The number of ether oxygens (including phenoxy) is 2. The van der Waals surface area contributed by atoms with E-state index in [0.29, 0.717) is 6.04 Å². The van der Waals surface area contributed by atoms with Gasteiger partial charge < -0.3 is 14.8 Å². The van der Waals surface area contributed by atoms with Crippen LogP contribution in [0.15, 0.2) is 18.2 Å². The molecule has 0 aromatic heterocycles. The Bertz CT molecular complexity index is 378. The molecule has 0 radical (unpaired) electrons. The number of benzene rings is 1. The van der Waals surface area contributed by atoms with Crippen LogP contribution in [0.1, 0.15) is 18.4 Å². The van der Waals surface area contributed by atoms with Crippen LogP contribution in [-0.2, 0) is 6.54 Å². The number of hydrogen-bond acceptors (Lipinski definition) is 4. The predicted octanol–water partition coefficient (Wildman–Crippen LogP) is 2.69. The molecule has 1 aliphatic rings. The van der Waals surface area contributed by atoms with Crippen molar-refractivity contribution in [2.45, 2.75) is 25.4 Å². The first-order valence-electron chi connectivity index (χ1n) is 6.35. The lowest BCUT2D eigenvalue weighted by atomic mass is 10.1. The molecule has 4 heteroatoms. The Hall–Kier alpha value is -0.870. The summed E-state index contributed by atoms with van der Waals surface area (Å²) in [4.78, 5) is 0. The summed E-state index contributed by atoms with van der Waals surface area (Å²) in [7, 11) is 3.34. The number of methoxy groups -OCH3 is 2. The Morgan fingerprint density at radius 3 is 2.78 bits per heavy atom. The van der Waals surface area contributed by atoms with Gasteiger partial charge in [0.15, 0.2) is 11.5 Å². The van der Waals surface area contributed by atoms with Crippen LogP contribution in [0.4, 0.5) is 0 Å². The zero-order chi connectivity index (χ0) is 12.8. The Kier molecular flexibility index (Phi) is 5.20. The van der Waals surface area contributed by atoms with Gasteiger partial charge in [0.25, 0.3) is 0 Å². The Labute approximate surface area is 113 Å². The van der Waals surface area contributed by atoms with E-state index in [2.05, 4.69) is 11.4 Å². The van der Waals surface area contributed by atoms with Crippen LogP contribution in [0.5, 0.6) is 11.5 Å². The van der Waals surface area contributed by atoms with E-state index in [9.17, 15) is 0 Å². The minimum Gasteiger partial charge on any atom is -0.493 e. The van der Waals surface area contributed by atoms with Crippen LogP contribution in [0.3, 0.4) is 0 Å². The SMILES string of the molecule is COc1ccc(CNC2CCCSC2)cc1OC. The van der Waals surface area contributed by atoms with E-state index in [-0.39, 0.29) is 0 Å². The minimum absolute atomic E-state index is 0.650. The third kappa shape index (κ3) is 3.56. The zero-order valence-electron chi connectivity index (χ0n) is 11.1. The summed E-state index contributed by atoms with van der Waals surface area (Å²) in [6.45, 7) is 0.894. The van der Waals surface area contributed by atoms with Crippen molar-refractivity contribution in [3.05, 3.63) is 23.8 Å². The molecule has 1 aromatic carbocycles. The number of nitrogens with one attached hydrogen (secondary N) is 1. The van der Waals surface area contributed by atoms with Crippen LogP contribution < -0.4 is 14.8 Å². The van der Waals surface area contributed by atoms with Gasteiger partial charge in [-0.2, -0.15) is 11.8 Å². The number of thioether (sulfide) groups is 1. The van der Waals surface area contributed by atoms with Gasteiger partial charge in [0.2, 0.25) is 0 Å². The van der Waals surface area contributed by atoms with E-state index in [1.165, 1.54) is 29.9 Å². The van der Waals surface area contributed by atoms with Gasteiger partial charge in [0.05, 0.1) is 14.2 Å². The summed E-state index contributed by atoms with van der Waals surface area (Å²) in [5.74, 6) is 4.13. The van der Waals surface area contributed by atoms with Crippen molar-refractivity contribution >= 4 is 11.8 Å². The monoisotopic (exact) mass is 267 g/mol. The maximum Gasteiger partial charge on any atom is 0.161 e. The van der Waals surface area contributed by atoms with Gasteiger partial charge >= 0.3 is 0 Å². The van der Waals surface area contributed by atoms with E-state index in [0.717, 1.165) is 18.0 Å². The lowest BCUT2D eigenvalue weighted by Crippen LogP contribution is -2.33. The van der Waals surface area contributed by atoms with E-state index < -0.39 is 0 Å². The van der Waals surface area contributed by atoms with E-state index in [4.69, 9.17) is 9.47 Å². The molecular weight excluding hydrogens is 246 g/mol. The summed E-state index contributed by atoms with van der Waals surface area (Å²) in [5.41, 5.74) is 1.24. The molecule has 1 aromatic rings. The predicted molar refractivity (Wildman–Crippen MR) is 76.7 cm³/mol. The second-order valence-corrected chi connectivity index (χ2v) is 5.63. The highest BCUT2D eigenvalue weighted by Gasteiger charge is 2.13. The first kappa shape index (κ1) is 13.6. The average molecular weight is 267 g/mol. The fourth-order valence-electron chi connectivity index (χ4n) is 2.15. The Morgan fingerprint density at radius 2 is 2.11 bits per heavy atom. The lowest BCUT2D eigenvalue weighted by Gasteiger charge is -2.22. The highest BCUT2D eigenvalue weighted by molar-refractivity contribution is 7.99. The molecule has 0 amide bonds. The van der Waals surface area contributed by atoms with Crippen LogP contribution >= 0.6 is 11.8 Å². The van der Waals surface area contributed by atoms with Gasteiger partial charge in [-0.15, -0.1) is 0 Å². The van der Waals surface area contributed by atoms with Crippen molar-refractivity contribution in [2.75, 3.05) is 25.7 Å². The van der Waals surface area contributed by atoms with Gasteiger partial charge in [-0.25, -0.2) is 0 Å². The molecule has 0 spiro atoms. The molecule has 18 heavy (non-hydrogen) atoms. The Morgan fingerprint density at radius 1 is 1.28 bits per heavy atom. The maximum atomic E-state index is 5.31. The first-order chi connectivity index (χ1) is 8.83. The maximum absolute atomic E-state index is 5.31. The van der Waals surface area contributed by atoms with Crippen LogP contribution in [-0.4, -0.2) is 31.8 Å². The molecule has 1 fully saturated rings.